The lowest BCUT2D eigenvalue weighted by atomic mass is 9.81. The average molecular weight is 292 g/mol. The van der Waals surface area contributed by atoms with Crippen molar-refractivity contribution < 1.29 is 13.5 Å². The van der Waals surface area contributed by atoms with Crippen LogP contribution in [0.25, 0.3) is 0 Å². The lowest BCUT2D eigenvalue weighted by Gasteiger charge is -2.28. The number of rotatable bonds is 4. The molecule has 1 aromatic carbocycles. The largest absolute Gasteiger partial charge is 0.434 e. The molecule has 1 atom stereocenters. The Hall–Kier alpha value is -0.870. The Morgan fingerprint density at radius 2 is 1.74 bits per heavy atom. The lowest BCUT2D eigenvalue weighted by Crippen LogP contribution is -2.24. The molecule has 0 saturated heterocycles. The van der Waals surface area contributed by atoms with Crippen LogP contribution in [0.15, 0.2) is 24.3 Å². The fourth-order valence-electron chi connectivity index (χ4n) is 2.71. The summed E-state index contributed by atoms with van der Waals surface area (Å²) < 4.78 is 29.2. The molecule has 0 spiro atoms. The van der Waals surface area contributed by atoms with Gasteiger partial charge in [0.2, 0.25) is 0 Å². The summed E-state index contributed by atoms with van der Waals surface area (Å²) in [6, 6.07) is 6.65. The van der Waals surface area contributed by atoms with Gasteiger partial charge in [-0.3, -0.25) is 0 Å². The summed E-state index contributed by atoms with van der Waals surface area (Å²) >= 11 is 0. The smallest absolute Gasteiger partial charge is 0.387 e. The molecule has 1 fully saturated rings. The van der Waals surface area contributed by atoms with Gasteiger partial charge in [-0.15, -0.1) is 12.4 Å². The zero-order valence-corrected chi connectivity index (χ0v) is 11.5. The van der Waals surface area contributed by atoms with Crippen LogP contribution in [0.3, 0.4) is 0 Å². The molecule has 1 aliphatic carbocycles. The average Bonchev–Trinajstić information content (AvgIpc) is 2.39. The monoisotopic (exact) mass is 291 g/mol. The minimum absolute atomic E-state index is 0. The lowest BCUT2D eigenvalue weighted by molar-refractivity contribution is -0.0508. The molecule has 1 aliphatic rings. The normalized spacial score (nSPS) is 17.9. The molecule has 0 heterocycles. The molecule has 0 radical (unpaired) electrons. The van der Waals surface area contributed by atoms with E-state index in [1.807, 2.05) is 6.07 Å². The van der Waals surface area contributed by atoms with E-state index in [1.54, 1.807) is 18.2 Å². The molecule has 0 aliphatic heterocycles. The van der Waals surface area contributed by atoms with Gasteiger partial charge in [0.1, 0.15) is 5.75 Å². The van der Waals surface area contributed by atoms with Gasteiger partial charge in [0.25, 0.3) is 0 Å². The molecule has 0 unspecified atom stereocenters. The number of ether oxygens (including phenoxy) is 1. The Morgan fingerprint density at radius 3 is 2.37 bits per heavy atom. The van der Waals surface area contributed by atoms with Gasteiger partial charge in [0, 0.05) is 11.6 Å². The molecule has 19 heavy (non-hydrogen) atoms. The molecule has 0 bridgehead atoms. The summed E-state index contributed by atoms with van der Waals surface area (Å²) in [4.78, 5) is 0. The maximum atomic E-state index is 12.3. The summed E-state index contributed by atoms with van der Waals surface area (Å²) in [5, 5.41) is 0. The highest BCUT2D eigenvalue weighted by Gasteiger charge is 2.24. The number of alkyl halides is 2. The van der Waals surface area contributed by atoms with Crippen molar-refractivity contribution in [3.05, 3.63) is 29.8 Å². The van der Waals surface area contributed by atoms with E-state index in [0.29, 0.717) is 11.5 Å². The van der Waals surface area contributed by atoms with Crippen LogP contribution in [0, 0.1) is 5.92 Å². The van der Waals surface area contributed by atoms with Crippen molar-refractivity contribution in [1.82, 2.24) is 0 Å². The number of nitrogens with two attached hydrogens (primary N) is 1. The van der Waals surface area contributed by atoms with Gasteiger partial charge >= 0.3 is 6.61 Å². The molecule has 2 rings (SSSR count). The Morgan fingerprint density at radius 1 is 1.11 bits per heavy atom. The maximum Gasteiger partial charge on any atom is 0.387 e. The van der Waals surface area contributed by atoms with Gasteiger partial charge in [-0.2, -0.15) is 8.78 Å². The van der Waals surface area contributed by atoms with Gasteiger partial charge in [-0.1, -0.05) is 37.5 Å². The second kappa shape index (κ2) is 7.65. The van der Waals surface area contributed by atoms with Crippen LogP contribution in [0.5, 0.6) is 5.75 Å². The van der Waals surface area contributed by atoms with E-state index in [1.165, 1.54) is 19.3 Å². The van der Waals surface area contributed by atoms with E-state index < -0.39 is 6.61 Å². The van der Waals surface area contributed by atoms with E-state index in [4.69, 9.17) is 5.73 Å². The number of halogens is 3. The Kier molecular flexibility index (Phi) is 6.52. The van der Waals surface area contributed by atoms with Gasteiger partial charge in [0.05, 0.1) is 0 Å². The number of hydrogen-bond donors (Lipinski definition) is 1. The van der Waals surface area contributed by atoms with Crippen molar-refractivity contribution >= 4 is 12.4 Å². The second-order valence-corrected chi connectivity index (χ2v) is 4.84. The zero-order valence-electron chi connectivity index (χ0n) is 10.7. The van der Waals surface area contributed by atoms with E-state index in [2.05, 4.69) is 4.74 Å². The topological polar surface area (TPSA) is 35.2 Å². The van der Waals surface area contributed by atoms with E-state index in [0.717, 1.165) is 12.8 Å². The summed E-state index contributed by atoms with van der Waals surface area (Å²) in [6.07, 6.45) is 5.75. The standard InChI is InChI=1S/C14H19F2NO.ClH/c15-14(16)18-12-9-5-4-8-11(12)13(17)10-6-2-1-3-7-10;/h4-5,8-10,13-14H,1-3,6-7,17H2;1H/t13-;/m0./s1. The molecular weight excluding hydrogens is 272 g/mol. The first kappa shape index (κ1) is 16.2. The molecule has 108 valence electrons. The second-order valence-electron chi connectivity index (χ2n) is 4.84. The molecular formula is C14H20ClF2NO. The Labute approximate surface area is 118 Å². The first-order valence-electron chi connectivity index (χ1n) is 6.48. The van der Waals surface area contributed by atoms with E-state index >= 15 is 0 Å². The van der Waals surface area contributed by atoms with Crippen molar-refractivity contribution in [3.8, 4) is 5.75 Å². The van der Waals surface area contributed by atoms with Crippen LogP contribution < -0.4 is 10.5 Å². The predicted octanol–water partition coefficient (Wildman–Crippen LogP) is 4.29. The maximum absolute atomic E-state index is 12.3. The third kappa shape index (κ3) is 4.32. The van der Waals surface area contributed by atoms with Gasteiger partial charge in [0.15, 0.2) is 0 Å². The van der Waals surface area contributed by atoms with Crippen molar-refractivity contribution in [2.45, 2.75) is 44.8 Å². The van der Waals surface area contributed by atoms with Crippen LogP contribution in [0.1, 0.15) is 43.7 Å². The Balaban J connectivity index is 0.00000180. The molecule has 1 saturated carbocycles. The molecule has 2 nitrogen and oxygen atoms in total. The molecule has 0 aromatic heterocycles. The van der Waals surface area contributed by atoms with Gasteiger partial charge in [-0.25, -0.2) is 0 Å². The van der Waals surface area contributed by atoms with Crippen molar-refractivity contribution in [1.29, 1.82) is 0 Å². The third-order valence-corrected chi connectivity index (χ3v) is 3.65. The molecule has 0 amide bonds. The summed E-state index contributed by atoms with van der Waals surface area (Å²) in [6.45, 7) is -2.80. The van der Waals surface area contributed by atoms with Crippen LogP contribution >= 0.6 is 12.4 Å². The van der Waals surface area contributed by atoms with Crippen molar-refractivity contribution in [2.75, 3.05) is 0 Å². The highest BCUT2D eigenvalue weighted by molar-refractivity contribution is 5.85. The summed E-state index contributed by atoms with van der Waals surface area (Å²) in [7, 11) is 0. The highest BCUT2D eigenvalue weighted by atomic mass is 35.5. The van der Waals surface area contributed by atoms with Crippen LogP contribution in [-0.4, -0.2) is 6.61 Å². The quantitative estimate of drug-likeness (QED) is 0.898. The van der Waals surface area contributed by atoms with E-state index in [-0.39, 0.29) is 24.2 Å². The van der Waals surface area contributed by atoms with Crippen molar-refractivity contribution in [3.63, 3.8) is 0 Å². The van der Waals surface area contributed by atoms with Crippen molar-refractivity contribution in [2.24, 2.45) is 11.7 Å². The fourth-order valence-corrected chi connectivity index (χ4v) is 2.71. The molecule has 2 N–H and O–H groups in total. The van der Waals surface area contributed by atoms with Crippen LogP contribution in [0.2, 0.25) is 0 Å². The Bertz CT molecular complexity index is 383. The van der Waals surface area contributed by atoms with Crippen LogP contribution in [0.4, 0.5) is 8.78 Å². The fraction of sp³-hybridized carbons (Fsp3) is 0.571. The zero-order chi connectivity index (χ0) is 13.0. The number of hydrogen-bond acceptors (Lipinski definition) is 2. The molecule has 1 aromatic rings. The van der Waals surface area contributed by atoms with Gasteiger partial charge in [-0.05, 0) is 24.8 Å². The van der Waals surface area contributed by atoms with Crippen LogP contribution in [-0.2, 0) is 0 Å². The SMILES string of the molecule is Cl.N[C@H](c1ccccc1OC(F)F)C1CCCCC1. The summed E-state index contributed by atoms with van der Waals surface area (Å²) in [5.74, 6) is 0.590. The van der Waals surface area contributed by atoms with Gasteiger partial charge < -0.3 is 10.5 Å². The molecule has 5 heteroatoms. The first-order valence-corrected chi connectivity index (χ1v) is 6.48. The number of para-hydroxylation sites is 1. The first-order chi connectivity index (χ1) is 8.68. The number of benzene rings is 1. The van der Waals surface area contributed by atoms with E-state index in [9.17, 15) is 8.78 Å². The summed E-state index contributed by atoms with van der Waals surface area (Å²) in [5.41, 5.74) is 6.92. The highest BCUT2D eigenvalue weighted by Crippen LogP contribution is 2.36. The minimum atomic E-state index is -2.80. The third-order valence-electron chi connectivity index (χ3n) is 3.65. The minimum Gasteiger partial charge on any atom is -0.434 e. The predicted molar refractivity (Wildman–Crippen MR) is 73.8 cm³/mol.